The summed E-state index contributed by atoms with van der Waals surface area (Å²) in [5.41, 5.74) is 6.53. The summed E-state index contributed by atoms with van der Waals surface area (Å²) in [5.74, 6) is -0.798. The molecular formula is C10H10BrF3N2O. The van der Waals surface area contributed by atoms with Gasteiger partial charge >= 0.3 is 6.18 Å². The zero-order valence-electron chi connectivity index (χ0n) is 8.86. The van der Waals surface area contributed by atoms with Crippen molar-refractivity contribution in [2.24, 2.45) is 0 Å². The van der Waals surface area contributed by atoms with Crippen LogP contribution in [-0.4, -0.2) is 18.6 Å². The lowest BCUT2D eigenvalue weighted by atomic mass is 10.1. The Morgan fingerprint density at radius 3 is 2.59 bits per heavy atom. The molecule has 0 aromatic heterocycles. The summed E-state index contributed by atoms with van der Waals surface area (Å²) in [6.07, 6.45) is -4.43. The van der Waals surface area contributed by atoms with Crippen LogP contribution >= 0.6 is 15.9 Å². The number of halogens is 4. The molecule has 1 amide bonds. The number of alkyl halides is 3. The molecule has 0 aliphatic rings. The van der Waals surface area contributed by atoms with Crippen molar-refractivity contribution in [3.63, 3.8) is 0 Å². The van der Waals surface area contributed by atoms with E-state index in [1.54, 1.807) is 18.3 Å². The Morgan fingerprint density at radius 1 is 1.47 bits per heavy atom. The second-order valence-corrected chi connectivity index (χ2v) is 4.38. The molecule has 0 saturated carbocycles. The predicted octanol–water partition coefficient (Wildman–Crippen LogP) is 2.63. The maximum atomic E-state index is 11.9. The van der Waals surface area contributed by atoms with Crippen LogP contribution in [0.2, 0.25) is 0 Å². The average molecular weight is 311 g/mol. The highest BCUT2D eigenvalue weighted by Crippen LogP contribution is 2.23. The fourth-order valence-corrected chi connectivity index (χ4v) is 1.69. The van der Waals surface area contributed by atoms with Crippen LogP contribution in [0.1, 0.15) is 15.9 Å². The molecule has 1 rings (SSSR count). The molecule has 0 spiro atoms. The zero-order valence-corrected chi connectivity index (χ0v) is 10.4. The summed E-state index contributed by atoms with van der Waals surface area (Å²) >= 11 is 3.12. The molecule has 0 aliphatic heterocycles. The third kappa shape index (κ3) is 3.92. The molecule has 0 radical (unpaired) electrons. The lowest BCUT2D eigenvalue weighted by Gasteiger charge is -2.11. The average Bonchev–Trinajstić information content (AvgIpc) is 2.19. The van der Waals surface area contributed by atoms with Crippen molar-refractivity contribution in [2.75, 3.05) is 12.3 Å². The molecule has 17 heavy (non-hydrogen) atoms. The quantitative estimate of drug-likeness (QED) is 0.825. The standard InChI is InChI=1S/C10H10BrF3N2O/c1-5-7(2-6(11)3-8(5)15)9(17)16-4-10(12,13)14/h2-3H,4,15H2,1H3,(H,16,17). The molecule has 3 N–H and O–H groups in total. The van der Waals surface area contributed by atoms with Crippen molar-refractivity contribution in [2.45, 2.75) is 13.1 Å². The molecule has 0 fully saturated rings. The number of nitrogens with two attached hydrogens (primary N) is 1. The van der Waals surface area contributed by atoms with Crippen LogP contribution in [-0.2, 0) is 0 Å². The van der Waals surface area contributed by atoms with E-state index in [0.29, 0.717) is 15.7 Å². The molecular weight excluding hydrogens is 301 g/mol. The van der Waals surface area contributed by atoms with E-state index in [1.807, 2.05) is 0 Å². The summed E-state index contributed by atoms with van der Waals surface area (Å²) in [4.78, 5) is 11.5. The van der Waals surface area contributed by atoms with Crippen LogP contribution in [0.5, 0.6) is 0 Å². The maximum Gasteiger partial charge on any atom is 0.405 e. The normalized spacial score (nSPS) is 11.4. The summed E-state index contributed by atoms with van der Waals surface area (Å²) in [5, 5.41) is 1.79. The van der Waals surface area contributed by atoms with Gasteiger partial charge in [-0.2, -0.15) is 13.2 Å². The van der Waals surface area contributed by atoms with Gasteiger partial charge in [0.2, 0.25) is 0 Å². The van der Waals surface area contributed by atoms with Gasteiger partial charge in [-0.25, -0.2) is 0 Å². The minimum Gasteiger partial charge on any atom is -0.398 e. The van der Waals surface area contributed by atoms with Gasteiger partial charge < -0.3 is 11.1 Å². The van der Waals surface area contributed by atoms with Crippen LogP contribution in [0, 0.1) is 6.92 Å². The number of amides is 1. The number of nitrogen functional groups attached to an aromatic ring is 1. The first-order valence-electron chi connectivity index (χ1n) is 4.61. The van der Waals surface area contributed by atoms with Gasteiger partial charge in [0.05, 0.1) is 0 Å². The number of carbonyl (C=O) groups is 1. The number of anilines is 1. The minimum atomic E-state index is -4.43. The first kappa shape index (κ1) is 13.8. The Morgan fingerprint density at radius 2 is 2.06 bits per heavy atom. The predicted molar refractivity (Wildman–Crippen MR) is 61.7 cm³/mol. The zero-order chi connectivity index (χ0) is 13.2. The molecule has 0 heterocycles. The van der Waals surface area contributed by atoms with Gasteiger partial charge in [-0.3, -0.25) is 4.79 Å². The SMILES string of the molecule is Cc1c(N)cc(Br)cc1C(=O)NCC(F)(F)F. The van der Waals surface area contributed by atoms with E-state index < -0.39 is 18.6 Å². The number of rotatable bonds is 2. The Kier molecular flexibility index (Phi) is 4.03. The van der Waals surface area contributed by atoms with E-state index in [4.69, 9.17) is 5.73 Å². The van der Waals surface area contributed by atoms with Crippen molar-refractivity contribution in [1.29, 1.82) is 0 Å². The van der Waals surface area contributed by atoms with Crippen LogP contribution in [0.3, 0.4) is 0 Å². The maximum absolute atomic E-state index is 11.9. The van der Waals surface area contributed by atoms with E-state index in [2.05, 4.69) is 15.9 Å². The van der Waals surface area contributed by atoms with Crippen LogP contribution in [0.25, 0.3) is 0 Å². The van der Waals surface area contributed by atoms with E-state index in [9.17, 15) is 18.0 Å². The van der Waals surface area contributed by atoms with E-state index in [0.717, 1.165) is 0 Å². The fourth-order valence-electron chi connectivity index (χ4n) is 1.21. The summed E-state index contributed by atoms with van der Waals surface area (Å²) in [7, 11) is 0. The Balaban J connectivity index is 2.90. The van der Waals surface area contributed by atoms with Gasteiger partial charge in [0.1, 0.15) is 6.54 Å². The summed E-state index contributed by atoms with van der Waals surface area (Å²) in [6, 6.07) is 3.01. The first-order chi connectivity index (χ1) is 7.70. The molecule has 94 valence electrons. The topological polar surface area (TPSA) is 55.1 Å². The summed E-state index contributed by atoms with van der Waals surface area (Å²) in [6.45, 7) is 0.210. The Hall–Kier alpha value is -1.24. The number of carbonyl (C=O) groups excluding carboxylic acids is 1. The monoisotopic (exact) mass is 310 g/mol. The molecule has 0 unspecified atom stereocenters. The molecule has 0 saturated heterocycles. The molecule has 1 aromatic rings. The number of nitrogens with one attached hydrogen (secondary N) is 1. The van der Waals surface area contributed by atoms with Crippen molar-refractivity contribution in [3.8, 4) is 0 Å². The fraction of sp³-hybridized carbons (Fsp3) is 0.300. The lowest BCUT2D eigenvalue weighted by molar-refractivity contribution is -0.123. The van der Waals surface area contributed by atoms with Gasteiger partial charge in [-0.05, 0) is 24.6 Å². The third-order valence-electron chi connectivity index (χ3n) is 2.11. The third-order valence-corrected chi connectivity index (χ3v) is 2.56. The summed E-state index contributed by atoms with van der Waals surface area (Å²) < 4.78 is 36.4. The highest BCUT2D eigenvalue weighted by molar-refractivity contribution is 9.10. The first-order valence-corrected chi connectivity index (χ1v) is 5.40. The molecule has 0 bridgehead atoms. The second kappa shape index (κ2) is 4.95. The molecule has 3 nitrogen and oxygen atoms in total. The van der Waals surface area contributed by atoms with Crippen molar-refractivity contribution in [1.82, 2.24) is 5.32 Å². The van der Waals surface area contributed by atoms with E-state index in [1.165, 1.54) is 6.07 Å². The van der Waals surface area contributed by atoms with Crippen LogP contribution in [0.4, 0.5) is 18.9 Å². The number of hydrogen-bond acceptors (Lipinski definition) is 2. The van der Waals surface area contributed by atoms with Gasteiger partial charge in [0, 0.05) is 15.7 Å². The van der Waals surface area contributed by atoms with Crippen LogP contribution in [0.15, 0.2) is 16.6 Å². The second-order valence-electron chi connectivity index (χ2n) is 3.47. The Labute approximate surface area is 104 Å². The molecule has 0 aliphatic carbocycles. The van der Waals surface area contributed by atoms with Crippen molar-refractivity contribution < 1.29 is 18.0 Å². The molecule has 0 atom stereocenters. The van der Waals surface area contributed by atoms with Gasteiger partial charge in [0.15, 0.2) is 0 Å². The van der Waals surface area contributed by atoms with E-state index in [-0.39, 0.29) is 5.56 Å². The smallest absolute Gasteiger partial charge is 0.398 e. The van der Waals surface area contributed by atoms with Crippen molar-refractivity contribution >= 4 is 27.5 Å². The number of benzene rings is 1. The Bertz CT molecular complexity index is 446. The number of hydrogen-bond donors (Lipinski definition) is 2. The van der Waals surface area contributed by atoms with Gasteiger partial charge in [0.25, 0.3) is 5.91 Å². The highest BCUT2D eigenvalue weighted by Gasteiger charge is 2.28. The van der Waals surface area contributed by atoms with Crippen molar-refractivity contribution in [3.05, 3.63) is 27.7 Å². The lowest BCUT2D eigenvalue weighted by Crippen LogP contribution is -2.34. The van der Waals surface area contributed by atoms with Gasteiger partial charge in [-0.1, -0.05) is 15.9 Å². The van der Waals surface area contributed by atoms with Crippen LogP contribution < -0.4 is 11.1 Å². The van der Waals surface area contributed by atoms with Gasteiger partial charge in [-0.15, -0.1) is 0 Å². The largest absolute Gasteiger partial charge is 0.405 e. The minimum absolute atomic E-state index is 0.126. The highest BCUT2D eigenvalue weighted by atomic mass is 79.9. The molecule has 7 heteroatoms. The van der Waals surface area contributed by atoms with E-state index >= 15 is 0 Å². The molecule has 1 aromatic carbocycles.